The second kappa shape index (κ2) is 3.61. The molecule has 6 nitrogen and oxygen atoms in total. The highest BCUT2D eigenvalue weighted by atomic mass is 32.1. The van der Waals surface area contributed by atoms with Gasteiger partial charge in [0.25, 0.3) is 5.56 Å². The normalized spacial score (nSPS) is 11.2. The van der Waals surface area contributed by atoms with Gasteiger partial charge >= 0.3 is 0 Å². The van der Waals surface area contributed by atoms with E-state index < -0.39 is 0 Å². The Balaban J connectivity index is 2.57. The lowest BCUT2D eigenvalue weighted by molar-refractivity contribution is 0.415. The molecule has 0 fully saturated rings. The van der Waals surface area contributed by atoms with E-state index >= 15 is 0 Å². The second-order valence-corrected chi connectivity index (χ2v) is 4.28. The van der Waals surface area contributed by atoms with E-state index in [4.69, 9.17) is 22.8 Å². The number of nitrogens with one attached hydrogen (secondary N) is 2. The number of fused-ring (bicyclic) bond motifs is 3. The summed E-state index contributed by atoms with van der Waals surface area (Å²) in [4.78, 5) is 17.9. The smallest absolute Gasteiger partial charge is 0.297 e. The minimum absolute atomic E-state index is 0.177. The van der Waals surface area contributed by atoms with E-state index in [0.717, 1.165) is 15.6 Å². The Morgan fingerprint density at radius 1 is 1.33 bits per heavy atom. The first-order valence-electron chi connectivity index (χ1n) is 5.21. The number of rotatable bonds is 1. The van der Waals surface area contributed by atoms with Crippen LogP contribution in [0.25, 0.3) is 21.9 Å². The van der Waals surface area contributed by atoms with Crippen molar-refractivity contribution >= 4 is 34.2 Å². The van der Waals surface area contributed by atoms with Crippen LogP contribution in [0.2, 0.25) is 0 Å². The van der Waals surface area contributed by atoms with Crippen molar-refractivity contribution in [1.82, 2.24) is 14.6 Å². The molecule has 3 rings (SSSR count). The molecule has 92 valence electrons. The van der Waals surface area contributed by atoms with Crippen LogP contribution in [0.1, 0.15) is 0 Å². The van der Waals surface area contributed by atoms with Crippen LogP contribution < -0.4 is 16.1 Å². The van der Waals surface area contributed by atoms with Gasteiger partial charge in [-0.15, -0.1) is 0 Å². The predicted molar refractivity (Wildman–Crippen MR) is 72.0 cm³/mol. The van der Waals surface area contributed by atoms with Crippen molar-refractivity contribution in [3.05, 3.63) is 33.3 Å². The number of hydrogen-bond donors (Lipinski definition) is 3. The second-order valence-electron chi connectivity index (χ2n) is 3.89. The molecule has 0 saturated heterocycles. The summed E-state index contributed by atoms with van der Waals surface area (Å²) < 4.78 is 6.25. The van der Waals surface area contributed by atoms with Gasteiger partial charge in [0, 0.05) is 10.9 Å². The molecule has 0 aliphatic rings. The van der Waals surface area contributed by atoms with Crippen molar-refractivity contribution in [3.8, 4) is 5.75 Å². The van der Waals surface area contributed by atoms with Crippen LogP contribution in [0.5, 0.6) is 5.75 Å². The number of nitrogens with zero attached hydrogens (tertiary/aromatic N) is 1. The number of aromatic amines is 2. The molecule has 0 aliphatic heterocycles. The quantitative estimate of drug-likeness (QED) is 0.455. The van der Waals surface area contributed by atoms with Gasteiger partial charge in [0.05, 0.1) is 12.6 Å². The third kappa shape index (κ3) is 1.34. The average molecular weight is 262 g/mol. The van der Waals surface area contributed by atoms with Crippen molar-refractivity contribution < 1.29 is 4.74 Å². The Hall–Kier alpha value is -2.28. The minimum Gasteiger partial charge on any atom is -0.497 e. The molecule has 0 atom stereocenters. The van der Waals surface area contributed by atoms with Gasteiger partial charge in [0.2, 0.25) is 0 Å². The number of methoxy groups -OCH3 is 1. The first kappa shape index (κ1) is 10.8. The van der Waals surface area contributed by atoms with Crippen molar-refractivity contribution in [2.75, 3.05) is 13.0 Å². The van der Waals surface area contributed by atoms with Gasteiger partial charge in [0.1, 0.15) is 11.3 Å². The van der Waals surface area contributed by atoms with Crippen LogP contribution >= 0.6 is 12.2 Å². The first-order valence-corrected chi connectivity index (χ1v) is 5.62. The number of nitrogens with two attached hydrogens (primary N) is 1. The van der Waals surface area contributed by atoms with E-state index in [2.05, 4.69) is 9.97 Å². The number of hydrogen-bond acceptors (Lipinski definition) is 4. The van der Waals surface area contributed by atoms with Gasteiger partial charge in [-0.05, 0) is 30.4 Å². The van der Waals surface area contributed by atoms with Crippen LogP contribution in [0.3, 0.4) is 0 Å². The van der Waals surface area contributed by atoms with Gasteiger partial charge in [-0.2, -0.15) is 4.68 Å². The van der Waals surface area contributed by atoms with Gasteiger partial charge in [-0.1, -0.05) is 0 Å². The molecule has 0 radical (unpaired) electrons. The Morgan fingerprint density at radius 3 is 2.83 bits per heavy atom. The molecule has 0 spiro atoms. The van der Waals surface area contributed by atoms with E-state index in [9.17, 15) is 4.79 Å². The molecule has 2 heterocycles. The maximum absolute atomic E-state index is 12.0. The zero-order valence-electron chi connectivity index (χ0n) is 9.48. The SMILES string of the molecule is COc1ccc2[nH]c3c(=O)n(N)c(=S)[nH]c3c2c1. The zero-order chi connectivity index (χ0) is 12.9. The topological polar surface area (TPSA) is 88.8 Å². The molecular weight excluding hydrogens is 252 g/mol. The lowest BCUT2D eigenvalue weighted by Gasteiger charge is -1.99. The largest absolute Gasteiger partial charge is 0.497 e. The molecule has 0 saturated carbocycles. The molecule has 2 aromatic heterocycles. The zero-order valence-corrected chi connectivity index (χ0v) is 10.3. The fourth-order valence-corrected chi connectivity index (χ4v) is 2.15. The molecule has 3 aromatic rings. The molecular formula is C11H10N4O2S. The minimum atomic E-state index is -0.357. The van der Waals surface area contributed by atoms with Crippen LogP contribution in [0.15, 0.2) is 23.0 Å². The standard InChI is InChI=1S/C11H10N4O2S/c1-17-5-2-3-7-6(4-5)8-9(13-7)10(16)15(12)11(18)14-8/h2-4,13H,12H2,1H3,(H,14,18). The number of ether oxygens (including phenoxy) is 1. The number of H-pyrrole nitrogens is 2. The number of nitrogen functional groups attached to an aromatic ring is 1. The van der Waals surface area contributed by atoms with Gasteiger partial charge < -0.3 is 20.5 Å². The van der Waals surface area contributed by atoms with Crippen LogP contribution in [0.4, 0.5) is 0 Å². The van der Waals surface area contributed by atoms with E-state index in [-0.39, 0.29) is 10.3 Å². The summed E-state index contributed by atoms with van der Waals surface area (Å²) in [5, 5.41) is 0.841. The summed E-state index contributed by atoms with van der Waals surface area (Å²) in [5.41, 5.74) is 1.50. The third-order valence-corrected chi connectivity index (χ3v) is 3.19. The summed E-state index contributed by atoms with van der Waals surface area (Å²) in [7, 11) is 1.59. The highest BCUT2D eigenvalue weighted by Gasteiger charge is 2.10. The van der Waals surface area contributed by atoms with E-state index in [0.29, 0.717) is 16.8 Å². The van der Waals surface area contributed by atoms with Gasteiger partial charge in [0.15, 0.2) is 4.77 Å². The highest BCUT2D eigenvalue weighted by molar-refractivity contribution is 7.71. The third-order valence-electron chi connectivity index (χ3n) is 2.89. The summed E-state index contributed by atoms with van der Waals surface area (Å²) >= 11 is 5.00. The average Bonchev–Trinajstić information content (AvgIpc) is 2.74. The molecule has 1 aromatic carbocycles. The van der Waals surface area contributed by atoms with Crippen molar-refractivity contribution in [1.29, 1.82) is 0 Å². The lowest BCUT2D eigenvalue weighted by atomic mass is 10.2. The van der Waals surface area contributed by atoms with E-state index in [1.54, 1.807) is 7.11 Å². The Kier molecular flexibility index (Phi) is 2.17. The Bertz CT molecular complexity index is 874. The molecule has 0 bridgehead atoms. The fourth-order valence-electron chi connectivity index (χ4n) is 1.97. The molecule has 0 amide bonds. The Morgan fingerprint density at radius 2 is 2.11 bits per heavy atom. The first-order chi connectivity index (χ1) is 8.61. The van der Waals surface area contributed by atoms with Gasteiger partial charge in [-0.3, -0.25) is 4.79 Å². The lowest BCUT2D eigenvalue weighted by Crippen LogP contribution is -2.28. The predicted octanol–water partition coefficient (Wildman–Crippen LogP) is 1.26. The van der Waals surface area contributed by atoms with E-state index in [1.807, 2.05) is 18.2 Å². The van der Waals surface area contributed by atoms with Crippen LogP contribution in [0, 0.1) is 4.77 Å². The maximum atomic E-state index is 12.0. The summed E-state index contributed by atoms with van der Waals surface area (Å²) in [5.74, 6) is 6.26. The monoisotopic (exact) mass is 262 g/mol. The maximum Gasteiger partial charge on any atom is 0.297 e. The highest BCUT2D eigenvalue weighted by Crippen LogP contribution is 2.25. The molecule has 7 heteroatoms. The molecule has 4 N–H and O–H groups in total. The summed E-state index contributed by atoms with van der Waals surface area (Å²) in [6.45, 7) is 0. The fraction of sp³-hybridized carbons (Fsp3) is 0.0909. The van der Waals surface area contributed by atoms with Crippen molar-refractivity contribution in [2.24, 2.45) is 0 Å². The van der Waals surface area contributed by atoms with Crippen LogP contribution in [-0.2, 0) is 0 Å². The summed E-state index contributed by atoms with van der Waals surface area (Å²) in [6, 6.07) is 5.48. The number of benzene rings is 1. The van der Waals surface area contributed by atoms with E-state index in [1.165, 1.54) is 0 Å². The van der Waals surface area contributed by atoms with Crippen LogP contribution in [-0.4, -0.2) is 21.8 Å². The number of aromatic nitrogens is 3. The molecule has 0 unspecified atom stereocenters. The summed E-state index contributed by atoms with van der Waals surface area (Å²) in [6.07, 6.45) is 0. The van der Waals surface area contributed by atoms with Crippen molar-refractivity contribution in [3.63, 3.8) is 0 Å². The Labute approximate surface area is 106 Å². The van der Waals surface area contributed by atoms with Gasteiger partial charge in [-0.25, -0.2) is 0 Å². The molecule has 18 heavy (non-hydrogen) atoms. The molecule has 0 aliphatic carbocycles. The van der Waals surface area contributed by atoms with Crippen molar-refractivity contribution in [2.45, 2.75) is 0 Å².